The molecule has 1 saturated heterocycles. The average Bonchev–Trinajstić information content (AvgIpc) is 2.68. The van der Waals surface area contributed by atoms with Crippen LogP contribution >= 0.6 is 0 Å². The summed E-state index contributed by atoms with van der Waals surface area (Å²) >= 11 is 0. The number of hydrogen-bond donors (Lipinski definition) is 1. The Morgan fingerprint density at radius 2 is 1.90 bits per heavy atom. The standard InChI is InChI=1S/C17H29NO3/c1-11-7-13(10-17(3,4)9-11)8-15(19)18-6-5-14(12(18)2)16(20)21/h11-14H,5-10H2,1-4H3,(H,20,21). The number of carbonyl (C=O) groups excluding carboxylic acids is 1. The highest BCUT2D eigenvalue weighted by Gasteiger charge is 2.39. The molecule has 2 aliphatic rings. The fraction of sp³-hybridized carbons (Fsp3) is 0.882. The number of carboxylic acid groups (broad SMARTS) is 1. The van der Waals surface area contributed by atoms with E-state index in [1.54, 1.807) is 4.90 Å². The summed E-state index contributed by atoms with van der Waals surface area (Å²) in [7, 11) is 0. The summed E-state index contributed by atoms with van der Waals surface area (Å²) in [5.74, 6) is 0.115. The minimum atomic E-state index is -0.773. The molecule has 0 radical (unpaired) electrons. The van der Waals surface area contributed by atoms with Gasteiger partial charge in [0.05, 0.1) is 5.92 Å². The normalized spacial score (nSPS) is 35.7. The molecule has 2 rings (SSSR count). The average molecular weight is 295 g/mol. The van der Waals surface area contributed by atoms with Crippen molar-refractivity contribution in [1.29, 1.82) is 0 Å². The van der Waals surface area contributed by atoms with Crippen LogP contribution in [-0.2, 0) is 9.59 Å². The summed E-state index contributed by atoms with van der Waals surface area (Å²) in [5, 5.41) is 9.17. The minimum Gasteiger partial charge on any atom is -0.481 e. The molecular formula is C17H29NO3. The van der Waals surface area contributed by atoms with Crippen LogP contribution in [0.15, 0.2) is 0 Å². The second-order valence-electron chi connectivity index (χ2n) is 8.04. The summed E-state index contributed by atoms with van der Waals surface area (Å²) in [4.78, 5) is 25.5. The summed E-state index contributed by atoms with van der Waals surface area (Å²) in [6, 6.07) is -0.163. The Morgan fingerprint density at radius 3 is 2.43 bits per heavy atom. The second kappa shape index (κ2) is 5.98. The van der Waals surface area contributed by atoms with Crippen LogP contribution in [0.1, 0.15) is 59.8 Å². The molecule has 120 valence electrons. The number of amides is 1. The molecule has 4 atom stereocenters. The fourth-order valence-corrected chi connectivity index (χ4v) is 4.69. The first-order chi connectivity index (χ1) is 9.69. The van der Waals surface area contributed by atoms with Crippen molar-refractivity contribution in [3.8, 4) is 0 Å². The zero-order valence-electron chi connectivity index (χ0n) is 13.8. The van der Waals surface area contributed by atoms with Crippen molar-refractivity contribution in [3.05, 3.63) is 0 Å². The molecule has 0 aromatic rings. The Hall–Kier alpha value is -1.06. The Labute approximate surface area is 127 Å². The van der Waals surface area contributed by atoms with E-state index in [9.17, 15) is 14.7 Å². The van der Waals surface area contributed by atoms with Gasteiger partial charge in [-0.25, -0.2) is 0 Å². The summed E-state index contributed by atoms with van der Waals surface area (Å²) < 4.78 is 0. The van der Waals surface area contributed by atoms with Gasteiger partial charge in [0.2, 0.25) is 5.91 Å². The van der Waals surface area contributed by atoms with Gasteiger partial charge in [-0.05, 0) is 49.9 Å². The molecule has 1 amide bonds. The molecule has 4 unspecified atom stereocenters. The van der Waals surface area contributed by atoms with E-state index in [0.717, 1.165) is 12.8 Å². The zero-order chi connectivity index (χ0) is 15.8. The largest absolute Gasteiger partial charge is 0.481 e. The van der Waals surface area contributed by atoms with Crippen molar-refractivity contribution in [2.24, 2.45) is 23.2 Å². The third-order valence-electron chi connectivity index (χ3n) is 5.33. The number of hydrogen-bond acceptors (Lipinski definition) is 2. The van der Waals surface area contributed by atoms with E-state index in [0.29, 0.717) is 36.6 Å². The van der Waals surface area contributed by atoms with Gasteiger partial charge >= 0.3 is 5.97 Å². The molecule has 4 nitrogen and oxygen atoms in total. The molecular weight excluding hydrogens is 266 g/mol. The molecule has 1 aliphatic heterocycles. The fourth-order valence-electron chi connectivity index (χ4n) is 4.69. The maximum absolute atomic E-state index is 12.5. The molecule has 1 N–H and O–H groups in total. The maximum Gasteiger partial charge on any atom is 0.308 e. The Morgan fingerprint density at radius 1 is 1.24 bits per heavy atom. The van der Waals surface area contributed by atoms with Gasteiger partial charge in [0.25, 0.3) is 0 Å². The molecule has 2 fully saturated rings. The van der Waals surface area contributed by atoms with Crippen molar-refractivity contribution in [2.75, 3.05) is 6.54 Å². The third-order valence-corrected chi connectivity index (χ3v) is 5.33. The number of likely N-dealkylation sites (tertiary alicyclic amines) is 1. The summed E-state index contributed by atoms with van der Waals surface area (Å²) in [6.45, 7) is 9.33. The SMILES string of the molecule is CC1CC(CC(=O)N2CCC(C(=O)O)C2C)CC(C)(C)C1. The van der Waals surface area contributed by atoms with Crippen LogP contribution in [-0.4, -0.2) is 34.5 Å². The maximum atomic E-state index is 12.5. The molecule has 0 bridgehead atoms. The lowest BCUT2D eigenvalue weighted by Gasteiger charge is -2.39. The Kier molecular flexibility index (Phi) is 4.64. The molecule has 1 saturated carbocycles. The van der Waals surface area contributed by atoms with Gasteiger partial charge in [-0.2, -0.15) is 0 Å². The van der Waals surface area contributed by atoms with Gasteiger partial charge in [0, 0.05) is 19.0 Å². The number of carbonyl (C=O) groups is 2. The van der Waals surface area contributed by atoms with Crippen molar-refractivity contribution in [2.45, 2.75) is 65.8 Å². The predicted octanol–water partition coefficient (Wildman–Crippen LogP) is 3.16. The molecule has 4 heteroatoms. The van der Waals surface area contributed by atoms with Crippen LogP contribution in [0, 0.1) is 23.2 Å². The quantitative estimate of drug-likeness (QED) is 0.870. The highest BCUT2D eigenvalue weighted by Crippen LogP contribution is 2.43. The monoisotopic (exact) mass is 295 g/mol. The Bertz CT molecular complexity index is 418. The van der Waals surface area contributed by atoms with Crippen LogP contribution in [0.5, 0.6) is 0 Å². The lowest BCUT2D eigenvalue weighted by molar-refractivity contribution is -0.143. The molecule has 1 aliphatic carbocycles. The van der Waals surface area contributed by atoms with Gasteiger partial charge in [-0.15, -0.1) is 0 Å². The van der Waals surface area contributed by atoms with Gasteiger partial charge < -0.3 is 10.0 Å². The summed E-state index contributed by atoms with van der Waals surface area (Å²) in [6.07, 6.45) is 4.64. The molecule has 21 heavy (non-hydrogen) atoms. The number of rotatable bonds is 3. The van der Waals surface area contributed by atoms with E-state index in [1.807, 2.05) is 6.92 Å². The third kappa shape index (κ3) is 3.78. The van der Waals surface area contributed by atoms with Crippen LogP contribution < -0.4 is 0 Å². The van der Waals surface area contributed by atoms with Crippen molar-refractivity contribution >= 4 is 11.9 Å². The minimum absolute atomic E-state index is 0.154. The first-order valence-corrected chi connectivity index (χ1v) is 8.22. The van der Waals surface area contributed by atoms with Crippen LogP contribution in [0.2, 0.25) is 0 Å². The lowest BCUT2D eigenvalue weighted by Crippen LogP contribution is -2.39. The van der Waals surface area contributed by atoms with Crippen LogP contribution in [0.4, 0.5) is 0 Å². The first-order valence-electron chi connectivity index (χ1n) is 8.22. The number of carboxylic acids is 1. The number of aliphatic carboxylic acids is 1. The smallest absolute Gasteiger partial charge is 0.308 e. The van der Waals surface area contributed by atoms with E-state index in [4.69, 9.17) is 0 Å². The van der Waals surface area contributed by atoms with Gasteiger partial charge in [0.15, 0.2) is 0 Å². The molecule has 0 aromatic carbocycles. The van der Waals surface area contributed by atoms with Crippen molar-refractivity contribution in [3.63, 3.8) is 0 Å². The molecule has 1 heterocycles. The van der Waals surface area contributed by atoms with E-state index in [2.05, 4.69) is 20.8 Å². The van der Waals surface area contributed by atoms with Crippen LogP contribution in [0.3, 0.4) is 0 Å². The van der Waals surface area contributed by atoms with Gasteiger partial charge in [-0.1, -0.05) is 20.8 Å². The van der Waals surface area contributed by atoms with Gasteiger partial charge in [0.1, 0.15) is 0 Å². The highest BCUT2D eigenvalue weighted by molar-refractivity contribution is 5.79. The second-order valence-corrected chi connectivity index (χ2v) is 8.04. The van der Waals surface area contributed by atoms with Crippen molar-refractivity contribution < 1.29 is 14.7 Å². The number of nitrogens with zero attached hydrogens (tertiary/aromatic N) is 1. The molecule has 0 spiro atoms. The van der Waals surface area contributed by atoms with Crippen LogP contribution in [0.25, 0.3) is 0 Å². The van der Waals surface area contributed by atoms with E-state index in [-0.39, 0.29) is 11.9 Å². The summed E-state index contributed by atoms with van der Waals surface area (Å²) in [5.41, 5.74) is 0.322. The highest BCUT2D eigenvalue weighted by atomic mass is 16.4. The first kappa shape index (κ1) is 16.3. The molecule has 0 aromatic heterocycles. The topological polar surface area (TPSA) is 57.6 Å². The lowest BCUT2D eigenvalue weighted by atomic mass is 9.67. The van der Waals surface area contributed by atoms with E-state index < -0.39 is 11.9 Å². The Balaban J connectivity index is 1.94. The van der Waals surface area contributed by atoms with E-state index in [1.165, 1.54) is 6.42 Å². The van der Waals surface area contributed by atoms with Gasteiger partial charge in [-0.3, -0.25) is 9.59 Å². The van der Waals surface area contributed by atoms with E-state index >= 15 is 0 Å². The zero-order valence-corrected chi connectivity index (χ0v) is 13.8. The van der Waals surface area contributed by atoms with Crippen molar-refractivity contribution in [1.82, 2.24) is 4.90 Å². The predicted molar refractivity (Wildman–Crippen MR) is 81.8 cm³/mol.